The molecule has 1 aromatic heterocycles. The Morgan fingerprint density at radius 1 is 1.12 bits per heavy atom. The Hall–Kier alpha value is -2.89. The highest BCUT2D eigenvalue weighted by molar-refractivity contribution is 9.10. The van der Waals surface area contributed by atoms with Gasteiger partial charge in [0.2, 0.25) is 11.8 Å². The van der Waals surface area contributed by atoms with E-state index in [9.17, 15) is 24.3 Å². The quantitative estimate of drug-likeness (QED) is 0.343. The van der Waals surface area contributed by atoms with E-state index in [1.807, 2.05) is 37.3 Å². The van der Waals surface area contributed by atoms with Gasteiger partial charge in [0, 0.05) is 32.6 Å². The zero-order valence-corrected chi connectivity index (χ0v) is 25.3. The number of thiazole rings is 1. The summed E-state index contributed by atoms with van der Waals surface area (Å²) in [6.07, 6.45) is 0.514. The van der Waals surface area contributed by atoms with Gasteiger partial charge in [-0.1, -0.05) is 57.1 Å². The molecule has 3 aromatic rings. The zero-order chi connectivity index (χ0) is 28.6. The summed E-state index contributed by atoms with van der Waals surface area (Å²) in [7, 11) is 0. The first kappa shape index (κ1) is 27.0. The molecule has 41 heavy (non-hydrogen) atoms. The van der Waals surface area contributed by atoms with Gasteiger partial charge in [0.15, 0.2) is 0 Å². The molecule has 2 amide bonds. The van der Waals surface area contributed by atoms with Gasteiger partial charge < -0.3 is 14.8 Å². The summed E-state index contributed by atoms with van der Waals surface area (Å²) in [4.78, 5) is 55.9. The number of nitrogens with one attached hydrogen (secondary N) is 1. The monoisotopic (exact) mass is 654 g/mol. The predicted molar refractivity (Wildman–Crippen MR) is 157 cm³/mol. The van der Waals surface area contributed by atoms with Crippen molar-refractivity contribution in [3.05, 3.63) is 78.2 Å². The number of aliphatic carboxylic acids is 1. The fraction of sp³-hybridized carbons (Fsp3) is 0.400. The number of fused-ring (bicyclic) bond motifs is 9. The average molecular weight is 656 g/mol. The van der Waals surface area contributed by atoms with Gasteiger partial charge in [0.25, 0.3) is 0 Å². The molecular formula is C30H27BrN2O6S2. The Morgan fingerprint density at radius 2 is 1.90 bits per heavy atom. The van der Waals surface area contributed by atoms with Gasteiger partial charge in [0.1, 0.15) is 12.4 Å². The van der Waals surface area contributed by atoms with Crippen LogP contribution in [0.2, 0.25) is 0 Å². The van der Waals surface area contributed by atoms with Crippen LogP contribution in [0.25, 0.3) is 0 Å². The molecule has 4 aliphatic rings. The number of aromatic nitrogens is 1. The number of aromatic amines is 1. The molecule has 1 saturated heterocycles. The van der Waals surface area contributed by atoms with Gasteiger partial charge in [-0.15, -0.1) is 11.8 Å². The minimum Gasteiger partial charge on any atom is -0.489 e. The SMILES string of the molecule is Cc1cccc(COc2ccc(Br)cc2[C@H]2c3sc(=O)[nH]c3SC3C4CC(C5C(=O)N(CCC(=O)O)C(=O)C45)C32)c1. The molecule has 7 rings (SSSR count). The smallest absolute Gasteiger partial charge is 0.305 e. The third-order valence-electron chi connectivity index (χ3n) is 9.15. The number of ether oxygens (including phenoxy) is 1. The maximum atomic E-state index is 13.6. The molecule has 6 unspecified atom stereocenters. The number of carboxylic acids is 1. The first-order chi connectivity index (χ1) is 19.7. The Balaban J connectivity index is 1.28. The first-order valence-electron chi connectivity index (χ1n) is 13.7. The molecule has 2 bridgehead atoms. The van der Waals surface area contributed by atoms with Gasteiger partial charge in [-0.2, -0.15) is 0 Å². The Morgan fingerprint density at radius 3 is 2.66 bits per heavy atom. The van der Waals surface area contributed by atoms with Crippen molar-refractivity contribution in [2.45, 2.75) is 42.6 Å². The molecule has 0 spiro atoms. The number of carboxylic acid groups (broad SMARTS) is 1. The van der Waals surface area contributed by atoms with E-state index in [1.54, 1.807) is 11.8 Å². The van der Waals surface area contributed by atoms with Crippen molar-refractivity contribution < 1.29 is 24.2 Å². The zero-order valence-electron chi connectivity index (χ0n) is 22.0. The number of benzene rings is 2. The van der Waals surface area contributed by atoms with Crippen LogP contribution in [0.1, 0.15) is 40.3 Å². The van der Waals surface area contributed by atoms with E-state index in [1.165, 1.54) is 16.2 Å². The molecule has 212 valence electrons. The highest BCUT2D eigenvalue weighted by Gasteiger charge is 2.69. The number of hydrogen-bond donors (Lipinski definition) is 2. The average Bonchev–Trinajstić information content (AvgIpc) is 3.66. The molecule has 11 heteroatoms. The summed E-state index contributed by atoms with van der Waals surface area (Å²) in [5.41, 5.74) is 3.17. The number of halogens is 1. The lowest BCUT2D eigenvalue weighted by molar-refractivity contribution is -0.142. The number of H-pyrrole nitrogens is 1. The molecule has 7 atom stereocenters. The Bertz CT molecular complexity index is 1650. The summed E-state index contributed by atoms with van der Waals surface area (Å²) < 4.78 is 7.33. The van der Waals surface area contributed by atoms with E-state index in [0.29, 0.717) is 6.61 Å². The normalized spacial score (nSPS) is 29.4. The maximum Gasteiger partial charge on any atom is 0.305 e. The van der Waals surface area contributed by atoms with Crippen molar-refractivity contribution in [1.29, 1.82) is 0 Å². The van der Waals surface area contributed by atoms with Gasteiger partial charge in [-0.25, -0.2) is 0 Å². The van der Waals surface area contributed by atoms with Crippen LogP contribution in [-0.2, 0) is 21.0 Å². The number of amides is 2. The third-order valence-corrected chi connectivity index (χ3v) is 12.2. The third kappa shape index (κ3) is 4.39. The number of hydrogen-bond acceptors (Lipinski definition) is 7. The number of imide groups is 1. The molecule has 2 saturated carbocycles. The fourth-order valence-electron chi connectivity index (χ4n) is 7.71. The molecule has 2 aliphatic carbocycles. The minimum absolute atomic E-state index is 0.0193. The van der Waals surface area contributed by atoms with Crippen molar-refractivity contribution in [1.82, 2.24) is 9.88 Å². The van der Waals surface area contributed by atoms with E-state index in [2.05, 4.69) is 33.0 Å². The van der Waals surface area contributed by atoms with Crippen molar-refractivity contribution in [2.24, 2.45) is 29.6 Å². The number of carbonyl (C=O) groups is 3. The largest absolute Gasteiger partial charge is 0.489 e. The lowest BCUT2D eigenvalue weighted by atomic mass is 9.68. The number of carbonyl (C=O) groups excluding carboxylic acids is 2. The van der Waals surface area contributed by atoms with Crippen LogP contribution in [-0.4, -0.2) is 44.6 Å². The number of aryl methyl sites for hydroxylation is 1. The molecule has 2 N–H and O–H groups in total. The van der Waals surface area contributed by atoms with E-state index in [0.717, 1.165) is 43.2 Å². The van der Waals surface area contributed by atoms with Crippen molar-refractivity contribution in [3.63, 3.8) is 0 Å². The van der Waals surface area contributed by atoms with Gasteiger partial charge in [-0.05, 0) is 54.9 Å². The lowest BCUT2D eigenvalue weighted by Gasteiger charge is -2.43. The van der Waals surface area contributed by atoms with E-state index >= 15 is 0 Å². The fourth-order valence-corrected chi connectivity index (χ4v) is 11.0. The highest BCUT2D eigenvalue weighted by atomic mass is 79.9. The summed E-state index contributed by atoms with van der Waals surface area (Å²) in [5, 5.41) is 10.1. The second-order valence-electron chi connectivity index (χ2n) is 11.4. The van der Waals surface area contributed by atoms with Crippen molar-refractivity contribution >= 4 is 56.8 Å². The van der Waals surface area contributed by atoms with Gasteiger partial charge >= 0.3 is 10.8 Å². The van der Waals surface area contributed by atoms with E-state index in [4.69, 9.17) is 4.74 Å². The summed E-state index contributed by atoms with van der Waals surface area (Å²) >= 11 is 6.48. The maximum absolute atomic E-state index is 13.6. The minimum atomic E-state index is -1.03. The Labute approximate surface area is 252 Å². The van der Waals surface area contributed by atoms with Crippen LogP contribution >= 0.6 is 39.0 Å². The molecule has 2 aromatic carbocycles. The first-order valence-corrected chi connectivity index (χ1v) is 16.1. The van der Waals surface area contributed by atoms with Crippen LogP contribution in [0.3, 0.4) is 0 Å². The molecule has 8 nitrogen and oxygen atoms in total. The van der Waals surface area contributed by atoms with Gasteiger partial charge in [0.05, 0.1) is 23.3 Å². The van der Waals surface area contributed by atoms with Crippen molar-refractivity contribution in [2.75, 3.05) is 6.54 Å². The summed E-state index contributed by atoms with van der Waals surface area (Å²) in [6.45, 7) is 2.35. The second kappa shape index (κ2) is 10.1. The molecule has 3 heterocycles. The molecule has 0 radical (unpaired) electrons. The lowest BCUT2D eigenvalue weighted by Crippen LogP contribution is -2.42. The second-order valence-corrected chi connectivity index (χ2v) is 14.5. The summed E-state index contributed by atoms with van der Waals surface area (Å²) in [5.74, 6) is -1.89. The van der Waals surface area contributed by atoms with Crippen LogP contribution in [0.15, 0.2) is 56.8 Å². The predicted octanol–water partition coefficient (Wildman–Crippen LogP) is 5.03. The van der Waals surface area contributed by atoms with Gasteiger partial charge in [-0.3, -0.25) is 24.1 Å². The van der Waals surface area contributed by atoms with Crippen LogP contribution in [0, 0.1) is 36.5 Å². The van der Waals surface area contributed by atoms with Crippen LogP contribution in [0.5, 0.6) is 5.75 Å². The molecule has 3 fully saturated rings. The Kier molecular flexibility index (Phi) is 6.67. The topological polar surface area (TPSA) is 117 Å². The number of thioether (sulfide) groups is 1. The van der Waals surface area contributed by atoms with Crippen molar-refractivity contribution in [3.8, 4) is 5.75 Å². The van der Waals surface area contributed by atoms with Crippen LogP contribution in [0.4, 0.5) is 0 Å². The number of rotatable bonds is 7. The number of nitrogens with zero attached hydrogens (tertiary/aromatic N) is 1. The standard InChI is InChI=1S/C30H27BrN2O6S2/c1-13-3-2-4-14(9-13)12-39-19-6-5-15(31)10-16(19)21-22-17-11-18(25(22)40-27-26(21)41-30(38)32-27)24-23(17)28(36)33(29(24)37)8-7-20(34)35/h2-6,9-10,17-18,21-25H,7-8,11-12H2,1H3,(H,32,38)(H,34,35)/t17?,18?,21-,22?,23?,24?,25?/m1/s1. The van der Waals surface area contributed by atoms with E-state index in [-0.39, 0.29) is 58.6 Å². The number of likely N-dealkylation sites (tertiary alicyclic amines) is 1. The van der Waals surface area contributed by atoms with E-state index < -0.39 is 17.8 Å². The van der Waals surface area contributed by atoms with Crippen LogP contribution < -0.4 is 9.61 Å². The molecular weight excluding hydrogens is 628 g/mol. The molecule has 2 aliphatic heterocycles. The summed E-state index contributed by atoms with van der Waals surface area (Å²) in [6, 6.07) is 14.1. The highest BCUT2D eigenvalue weighted by Crippen LogP contribution is 2.69.